The van der Waals surface area contributed by atoms with Gasteiger partial charge in [-0.15, -0.1) is 0 Å². The van der Waals surface area contributed by atoms with E-state index in [0.717, 1.165) is 19.0 Å². The standard InChI is InChI=1S/C15H25N3/c1-3-13-5-7-18(15(8-13)9-16)11-14-10-17-6-4-12(14)2/h4,6,10,13,15H,3,5,7-9,11,16H2,1-2H3. The Morgan fingerprint density at radius 3 is 3.00 bits per heavy atom. The van der Waals surface area contributed by atoms with E-state index >= 15 is 0 Å². The largest absolute Gasteiger partial charge is 0.329 e. The second-order valence-electron chi connectivity index (χ2n) is 5.46. The maximum absolute atomic E-state index is 5.94. The average molecular weight is 247 g/mol. The second-order valence-corrected chi connectivity index (χ2v) is 5.46. The highest BCUT2D eigenvalue weighted by Crippen LogP contribution is 2.26. The molecule has 1 aliphatic rings. The van der Waals surface area contributed by atoms with E-state index in [4.69, 9.17) is 5.73 Å². The number of nitrogens with zero attached hydrogens (tertiary/aromatic N) is 2. The number of hydrogen-bond acceptors (Lipinski definition) is 3. The predicted molar refractivity (Wildman–Crippen MR) is 75.2 cm³/mol. The summed E-state index contributed by atoms with van der Waals surface area (Å²) in [6.45, 7) is 7.40. The van der Waals surface area contributed by atoms with Crippen molar-refractivity contribution in [1.29, 1.82) is 0 Å². The fourth-order valence-corrected chi connectivity index (χ4v) is 2.89. The van der Waals surface area contributed by atoms with Gasteiger partial charge in [-0.05, 0) is 49.4 Å². The third-order valence-electron chi connectivity index (χ3n) is 4.32. The number of likely N-dealkylation sites (tertiary alicyclic amines) is 1. The second kappa shape index (κ2) is 6.30. The summed E-state index contributed by atoms with van der Waals surface area (Å²) < 4.78 is 0. The van der Waals surface area contributed by atoms with Crippen molar-refractivity contribution in [3.05, 3.63) is 29.6 Å². The molecular formula is C15H25N3. The minimum atomic E-state index is 0.545. The smallest absolute Gasteiger partial charge is 0.0315 e. The molecule has 1 fully saturated rings. The highest BCUT2D eigenvalue weighted by molar-refractivity contribution is 5.21. The molecule has 1 aromatic heterocycles. The van der Waals surface area contributed by atoms with Crippen molar-refractivity contribution in [3.63, 3.8) is 0 Å². The van der Waals surface area contributed by atoms with Crippen LogP contribution in [0.25, 0.3) is 0 Å². The molecule has 0 radical (unpaired) electrons. The zero-order valence-electron chi connectivity index (χ0n) is 11.6. The zero-order valence-corrected chi connectivity index (χ0v) is 11.6. The van der Waals surface area contributed by atoms with E-state index in [1.54, 1.807) is 0 Å². The van der Waals surface area contributed by atoms with Crippen LogP contribution < -0.4 is 5.73 Å². The van der Waals surface area contributed by atoms with E-state index in [2.05, 4.69) is 29.8 Å². The number of pyridine rings is 1. The van der Waals surface area contributed by atoms with Gasteiger partial charge >= 0.3 is 0 Å². The Hall–Kier alpha value is -0.930. The minimum Gasteiger partial charge on any atom is -0.329 e. The fraction of sp³-hybridized carbons (Fsp3) is 0.667. The molecule has 3 nitrogen and oxygen atoms in total. The number of rotatable bonds is 4. The summed E-state index contributed by atoms with van der Waals surface area (Å²) >= 11 is 0. The maximum Gasteiger partial charge on any atom is 0.0315 e. The Morgan fingerprint density at radius 2 is 2.33 bits per heavy atom. The quantitative estimate of drug-likeness (QED) is 0.888. The molecule has 1 aromatic rings. The van der Waals surface area contributed by atoms with E-state index < -0.39 is 0 Å². The van der Waals surface area contributed by atoms with Gasteiger partial charge in [0.2, 0.25) is 0 Å². The first kappa shape index (κ1) is 13.5. The summed E-state index contributed by atoms with van der Waals surface area (Å²) in [5.74, 6) is 0.866. The van der Waals surface area contributed by atoms with Crippen LogP contribution in [0, 0.1) is 12.8 Å². The number of hydrogen-bond donors (Lipinski definition) is 1. The lowest BCUT2D eigenvalue weighted by atomic mass is 9.88. The molecular weight excluding hydrogens is 222 g/mol. The van der Waals surface area contributed by atoms with Crippen LogP contribution in [0.2, 0.25) is 0 Å². The van der Waals surface area contributed by atoms with Gasteiger partial charge in [-0.1, -0.05) is 13.3 Å². The molecule has 100 valence electrons. The summed E-state index contributed by atoms with van der Waals surface area (Å²) in [6, 6.07) is 2.63. The highest BCUT2D eigenvalue weighted by Gasteiger charge is 2.26. The Labute approximate surface area is 110 Å². The van der Waals surface area contributed by atoms with Crippen LogP contribution in [0.1, 0.15) is 37.3 Å². The van der Waals surface area contributed by atoms with Crippen molar-refractivity contribution >= 4 is 0 Å². The fourth-order valence-electron chi connectivity index (χ4n) is 2.89. The van der Waals surface area contributed by atoms with Gasteiger partial charge in [0.1, 0.15) is 0 Å². The van der Waals surface area contributed by atoms with Gasteiger partial charge < -0.3 is 5.73 Å². The van der Waals surface area contributed by atoms with Gasteiger partial charge in [0.05, 0.1) is 0 Å². The monoisotopic (exact) mass is 247 g/mol. The van der Waals surface area contributed by atoms with Crippen molar-refractivity contribution in [3.8, 4) is 0 Å². The van der Waals surface area contributed by atoms with Gasteiger partial charge in [0.15, 0.2) is 0 Å². The number of piperidine rings is 1. The Kier molecular flexibility index (Phi) is 4.72. The molecule has 2 atom stereocenters. The Morgan fingerprint density at radius 1 is 1.50 bits per heavy atom. The van der Waals surface area contributed by atoms with Crippen molar-refractivity contribution in [2.45, 2.75) is 45.7 Å². The molecule has 2 heterocycles. The molecule has 2 N–H and O–H groups in total. The third-order valence-corrected chi connectivity index (χ3v) is 4.32. The summed E-state index contributed by atoms with van der Waals surface area (Å²) in [7, 11) is 0. The molecule has 1 saturated heterocycles. The average Bonchev–Trinajstić information content (AvgIpc) is 2.41. The van der Waals surface area contributed by atoms with E-state index in [1.165, 1.54) is 36.9 Å². The van der Waals surface area contributed by atoms with Crippen LogP contribution in [-0.2, 0) is 6.54 Å². The lowest BCUT2D eigenvalue weighted by molar-refractivity contribution is 0.107. The van der Waals surface area contributed by atoms with E-state index in [0.29, 0.717) is 6.04 Å². The molecule has 0 aliphatic carbocycles. The van der Waals surface area contributed by atoms with Gasteiger partial charge in [-0.2, -0.15) is 0 Å². The molecule has 0 bridgehead atoms. The molecule has 0 amide bonds. The Balaban J connectivity index is 2.02. The van der Waals surface area contributed by atoms with Gasteiger partial charge in [0, 0.05) is 31.5 Å². The van der Waals surface area contributed by atoms with Crippen LogP contribution in [0.4, 0.5) is 0 Å². The minimum absolute atomic E-state index is 0.545. The van der Waals surface area contributed by atoms with Crippen molar-refractivity contribution in [2.24, 2.45) is 11.7 Å². The first-order valence-electron chi connectivity index (χ1n) is 7.08. The summed E-state index contributed by atoms with van der Waals surface area (Å²) in [5, 5.41) is 0. The highest BCUT2D eigenvalue weighted by atomic mass is 15.2. The first-order chi connectivity index (χ1) is 8.74. The van der Waals surface area contributed by atoms with Crippen molar-refractivity contribution in [2.75, 3.05) is 13.1 Å². The SMILES string of the molecule is CCC1CCN(Cc2cnccc2C)C(CN)C1. The normalized spacial score (nSPS) is 25.3. The number of aryl methyl sites for hydroxylation is 1. The first-order valence-corrected chi connectivity index (χ1v) is 7.08. The third kappa shape index (κ3) is 3.09. The van der Waals surface area contributed by atoms with E-state index in [-0.39, 0.29) is 0 Å². The topological polar surface area (TPSA) is 42.2 Å². The molecule has 2 rings (SSSR count). The van der Waals surface area contributed by atoms with E-state index in [1.807, 2.05) is 12.4 Å². The van der Waals surface area contributed by atoms with Crippen LogP contribution in [0.5, 0.6) is 0 Å². The molecule has 0 spiro atoms. The van der Waals surface area contributed by atoms with Gasteiger partial charge in [0.25, 0.3) is 0 Å². The molecule has 2 unspecified atom stereocenters. The number of aromatic nitrogens is 1. The van der Waals surface area contributed by atoms with Crippen LogP contribution in [0.15, 0.2) is 18.5 Å². The molecule has 0 aromatic carbocycles. The summed E-state index contributed by atoms with van der Waals surface area (Å²) in [5.41, 5.74) is 8.62. The summed E-state index contributed by atoms with van der Waals surface area (Å²) in [6.07, 6.45) is 7.71. The van der Waals surface area contributed by atoms with E-state index in [9.17, 15) is 0 Å². The molecule has 18 heavy (non-hydrogen) atoms. The molecule has 1 aliphatic heterocycles. The summed E-state index contributed by atoms with van der Waals surface area (Å²) in [4.78, 5) is 6.77. The zero-order chi connectivity index (χ0) is 13.0. The van der Waals surface area contributed by atoms with Crippen molar-refractivity contribution in [1.82, 2.24) is 9.88 Å². The predicted octanol–water partition coefficient (Wildman–Crippen LogP) is 2.34. The maximum atomic E-state index is 5.94. The lowest BCUT2D eigenvalue weighted by Gasteiger charge is -2.39. The lowest BCUT2D eigenvalue weighted by Crippen LogP contribution is -2.46. The molecule has 3 heteroatoms. The molecule has 0 saturated carbocycles. The van der Waals surface area contributed by atoms with Crippen LogP contribution in [-0.4, -0.2) is 29.0 Å². The van der Waals surface area contributed by atoms with Crippen molar-refractivity contribution < 1.29 is 0 Å². The van der Waals surface area contributed by atoms with Crippen LogP contribution >= 0.6 is 0 Å². The number of nitrogens with two attached hydrogens (primary N) is 1. The van der Waals surface area contributed by atoms with Crippen LogP contribution in [0.3, 0.4) is 0 Å². The Bertz CT molecular complexity index is 378. The van der Waals surface area contributed by atoms with Gasteiger partial charge in [-0.3, -0.25) is 9.88 Å². The van der Waals surface area contributed by atoms with Gasteiger partial charge in [-0.25, -0.2) is 0 Å².